The van der Waals surface area contributed by atoms with Gasteiger partial charge in [-0.05, 0) is 18.6 Å². The Morgan fingerprint density at radius 1 is 1.38 bits per heavy atom. The first kappa shape index (κ1) is 19.4. The van der Waals surface area contributed by atoms with Gasteiger partial charge >= 0.3 is 12.1 Å². The van der Waals surface area contributed by atoms with Gasteiger partial charge in [0.05, 0.1) is 16.4 Å². The van der Waals surface area contributed by atoms with Crippen LogP contribution in [0.4, 0.5) is 18.9 Å². The summed E-state index contributed by atoms with van der Waals surface area (Å²) in [5.41, 5.74) is -2.81. The number of nitrogens with one attached hydrogen (secondary N) is 1. The molecule has 0 spiro atoms. The van der Waals surface area contributed by atoms with Crippen LogP contribution in [0, 0.1) is 16.0 Å². The molecule has 2 N–H and O–H groups in total. The largest absolute Gasteiger partial charge is 0.481 e. The molecule has 1 unspecified atom stereocenters. The number of hydrogen-bond donors (Lipinski definition) is 2. The predicted octanol–water partition coefficient (Wildman–Crippen LogP) is 2.84. The number of nitrogens with zero attached hydrogens (tertiary/aromatic N) is 1. The number of carboxylic acid groups (broad SMARTS) is 1. The van der Waals surface area contributed by atoms with Crippen LogP contribution in [0.2, 0.25) is 0 Å². The first-order chi connectivity index (χ1) is 11.1. The minimum atomic E-state index is -4.78. The van der Waals surface area contributed by atoms with Gasteiger partial charge in [-0.2, -0.15) is 13.2 Å². The minimum Gasteiger partial charge on any atom is -0.481 e. The Hall–Kier alpha value is -2.65. The Morgan fingerprint density at radius 2 is 2.00 bits per heavy atom. The monoisotopic (exact) mass is 348 g/mol. The van der Waals surface area contributed by atoms with E-state index in [1.54, 1.807) is 6.92 Å². The van der Waals surface area contributed by atoms with Crippen molar-refractivity contribution in [3.8, 4) is 0 Å². The lowest BCUT2D eigenvalue weighted by Crippen LogP contribution is -2.33. The molecule has 1 atom stereocenters. The number of nitro benzene ring substituents is 1. The van der Waals surface area contributed by atoms with Crippen LogP contribution >= 0.6 is 0 Å². The molecule has 0 heterocycles. The van der Waals surface area contributed by atoms with Crippen LogP contribution < -0.4 is 5.32 Å². The van der Waals surface area contributed by atoms with E-state index in [-0.39, 0.29) is 19.0 Å². The van der Waals surface area contributed by atoms with Crippen molar-refractivity contribution in [2.75, 3.05) is 6.54 Å². The Morgan fingerprint density at radius 3 is 2.46 bits per heavy atom. The number of carboxylic acids is 1. The highest BCUT2D eigenvalue weighted by Gasteiger charge is 2.34. The molecule has 132 valence electrons. The second-order valence-electron chi connectivity index (χ2n) is 5.02. The molecule has 0 saturated carbocycles. The van der Waals surface area contributed by atoms with E-state index in [9.17, 15) is 32.9 Å². The van der Waals surface area contributed by atoms with E-state index in [0.717, 1.165) is 0 Å². The molecular formula is C14H15F3N2O5. The summed E-state index contributed by atoms with van der Waals surface area (Å²) in [7, 11) is 0. The van der Waals surface area contributed by atoms with Crippen molar-refractivity contribution in [2.45, 2.75) is 25.9 Å². The molecule has 0 saturated heterocycles. The van der Waals surface area contributed by atoms with Crippen molar-refractivity contribution in [3.05, 3.63) is 39.4 Å². The summed E-state index contributed by atoms with van der Waals surface area (Å²) in [5.74, 6) is -3.02. The fourth-order valence-electron chi connectivity index (χ4n) is 2.02. The summed E-state index contributed by atoms with van der Waals surface area (Å²) < 4.78 is 37.8. The highest BCUT2D eigenvalue weighted by Crippen LogP contribution is 2.33. The zero-order valence-corrected chi connectivity index (χ0v) is 12.6. The summed E-state index contributed by atoms with van der Waals surface area (Å²) >= 11 is 0. The standard InChI is InChI=1S/C14H15F3N2O5/c1-2-3-8(13(21)22)7-18-12(20)10-5-4-9(14(15,16)17)6-11(10)19(23)24/h4-6,8H,2-3,7H2,1H3,(H,18,20)(H,21,22). The molecule has 0 aliphatic rings. The molecule has 1 aromatic rings. The number of hydrogen-bond acceptors (Lipinski definition) is 4. The van der Waals surface area contributed by atoms with Gasteiger partial charge < -0.3 is 10.4 Å². The zero-order chi connectivity index (χ0) is 18.5. The fourth-order valence-corrected chi connectivity index (χ4v) is 2.02. The number of nitro groups is 1. The summed E-state index contributed by atoms with van der Waals surface area (Å²) in [6.07, 6.45) is -3.95. The Balaban J connectivity index is 3.02. The third kappa shape index (κ3) is 4.93. The van der Waals surface area contributed by atoms with E-state index in [1.807, 2.05) is 0 Å². The van der Waals surface area contributed by atoms with E-state index in [0.29, 0.717) is 18.6 Å². The normalized spacial score (nSPS) is 12.5. The maximum atomic E-state index is 12.6. The topological polar surface area (TPSA) is 110 Å². The highest BCUT2D eigenvalue weighted by atomic mass is 19.4. The van der Waals surface area contributed by atoms with Crippen LogP contribution in [-0.4, -0.2) is 28.5 Å². The minimum absolute atomic E-state index is 0.273. The van der Waals surface area contributed by atoms with Crippen molar-refractivity contribution in [2.24, 2.45) is 5.92 Å². The maximum absolute atomic E-state index is 12.6. The smallest absolute Gasteiger partial charge is 0.416 e. The molecule has 0 bridgehead atoms. The van der Waals surface area contributed by atoms with Gasteiger partial charge in [0, 0.05) is 12.6 Å². The number of amides is 1. The lowest BCUT2D eigenvalue weighted by Gasteiger charge is -2.13. The van der Waals surface area contributed by atoms with E-state index >= 15 is 0 Å². The first-order valence-electron chi connectivity index (χ1n) is 6.94. The SMILES string of the molecule is CCCC(CNC(=O)c1ccc(C(F)(F)F)cc1[N+](=O)[O-])C(=O)O. The second-order valence-corrected chi connectivity index (χ2v) is 5.02. The number of carbonyl (C=O) groups excluding carboxylic acids is 1. The summed E-state index contributed by atoms with van der Waals surface area (Å²) in [4.78, 5) is 32.8. The zero-order valence-electron chi connectivity index (χ0n) is 12.6. The molecule has 0 aliphatic heterocycles. The van der Waals surface area contributed by atoms with Crippen LogP contribution in [0.1, 0.15) is 35.7 Å². The van der Waals surface area contributed by atoms with Crippen LogP contribution in [-0.2, 0) is 11.0 Å². The summed E-state index contributed by atoms with van der Waals surface area (Å²) in [5, 5.41) is 22.1. The van der Waals surface area contributed by atoms with Crippen LogP contribution in [0.3, 0.4) is 0 Å². The molecule has 0 aromatic heterocycles. The third-order valence-corrected chi connectivity index (χ3v) is 3.26. The van der Waals surface area contributed by atoms with Crippen LogP contribution in [0.25, 0.3) is 0 Å². The average Bonchev–Trinajstić information content (AvgIpc) is 2.49. The number of halogens is 3. The summed E-state index contributed by atoms with van der Waals surface area (Å²) in [6.45, 7) is 1.47. The maximum Gasteiger partial charge on any atom is 0.416 e. The Kier molecular flexibility index (Phi) is 6.27. The van der Waals surface area contributed by atoms with Crippen molar-refractivity contribution >= 4 is 17.6 Å². The van der Waals surface area contributed by atoms with Gasteiger partial charge in [0.15, 0.2) is 0 Å². The molecule has 7 nitrogen and oxygen atoms in total. The third-order valence-electron chi connectivity index (χ3n) is 3.26. The average molecular weight is 348 g/mol. The molecule has 0 radical (unpaired) electrons. The molecule has 24 heavy (non-hydrogen) atoms. The van der Waals surface area contributed by atoms with Gasteiger partial charge in [-0.3, -0.25) is 19.7 Å². The quantitative estimate of drug-likeness (QED) is 0.582. The molecule has 0 aliphatic carbocycles. The van der Waals surface area contributed by atoms with E-state index in [2.05, 4.69) is 5.32 Å². The number of carbonyl (C=O) groups is 2. The van der Waals surface area contributed by atoms with Gasteiger partial charge in [0.1, 0.15) is 5.56 Å². The molecular weight excluding hydrogens is 333 g/mol. The van der Waals surface area contributed by atoms with E-state index in [4.69, 9.17) is 5.11 Å². The lowest BCUT2D eigenvalue weighted by molar-refractivity contribution is -0.385. The lowest BCUT2D eigenvalue weighted by atomic mass is 10.0. The van der Waals surface area contributed by atoms with Crippen molar-refractivity contribution in [1.82, 2.24) is 5.32 Å². The predicted molar refractivity (Wildman–Crippen MR) is 76.5 cm³/mol. The van der Waals surface area contributed by atoms with Crippen LogP contribution in [0.15, 0.2) is 18.2 Å². The van der Waals surface area contributed by atoms with Gasteiger partial charge in [0.25, 0.3) is 11.6 Å². The number of benzene rings is 1. The van der Waals surface area contributed by atoms with E-state index < -0.39 is 45.7 Å². The Bertz CT molecular complexity index is 646. The fraction of sp³-hybridized carbons (Fsp3) is 0.429. The van der Waals surface area contributed by atoms with Crippen molar-refractivity contribution in [3.63, 3.8) is 0 Å². The second kappa shape index (κ2) is 7.75. The number of aliphatic carboxylic acids is 1. The van der Waals surface area contributed by atoms with Gasteiger partial charge in [-0.15, -0.1) is 0 Å². The Labute approximate surface area is 134 Å². The number of rotatable bonds is 7. The van der Waals surface area contributed by atoms with Crippen molar-refractivity contribution in [1.29, 1.82) is 0 Å². The molecule has 1 amide bonds. The van der Waals surface area contributed by atoms with Crippen molar-refractivity contribution < 1.29 is 32.8 Å². The van der Waals surface area contributed by atoms with Gasteiger partial charge in [-0.25, -0.2) is 0 Å². The first-order valence-corrected chi connectivity index (χ1v) is 6.94. The summed E-state index contributed by atoms with van der Waals surface area (Å²) in [6, 6.07) is 1.53. The number of alkyl halides is 3. The molecule has 10 heteroatoms. The van der Waals surface area contributed by atoms with Gasteiger partial charge in [-0.1, -0.05) is 13.3 Å². The van der Waals surface area contributed by atoms with E-state index in [1.165, 1.54) is 0 Å². The van der Waals surface area contributed by atoms with Gasteiger partial charge in [0.2, 0.25) is 0 Å². The highest BCUT2D eigenvalue weighted by molar-refractivity contribution is 5.98. The molecule has 0 fully saturated rings. The van der Waals surface area contributed by atoms with Crippen LogP contribution in [0.5, 0.6) is 0 Å². The molecule has 1 aromatic carbocycles. The molecule has 1 rings (SSSR count).